The molecule has 18 heavy (non-hydrogen) atoms. The van der Waals surface area contributed by atoms with Crippen LogP contribution in [0.1, 0.15) is 30.8 Å². The van der Waals surface area contributed by atoms with Gasteiger partial charge < -0.3 is 25.8 Å². The molecule has 5 N–H and O–H groups in total. The van der Waals surface area contributed by atoms with E-state index >= 15 is 0 Å². The number of rotatable bonds is 6. The molecule has 1 heterocycles. The summed E-state index contributed by atoms with van der Waals surface area (Å²) >= 11 is 0. The number of carbonyl (C=O) groups is 1. The first-order valence-electron chi connectivity index (χ1n) is 5.96. The van der Waals surface area contributed by atoms with Crippen molar-refractivity contribution < 1.29 is 15.0 Å². The molecule has 0 fully saturated rings. The average Bonchev–Trinajstić information content (AvgIpc) is 2.68. The van der Waals surface area contributed by atoms with Crippen LogP contribution in [0.25, 0.3) is 0 Å². The summed E-state index contributed by atoms with van der Waals surface area (Å²) in [5.41, 5.74) is 5.34. The molecular weight excluding hydrogens is 234 g/mol. The Bertz CT molecular complexity index is 413. The fourth-order valence-corrected chi connectivity index (χ4v) is 1.57. The predicted molar refractivity (Wildman–Crippen MR) is 69.2 cm³/mol. The number of aliphatic hydroxyl groups is 2. The second-order valence-electron chi connectivity index (χ2n) is 4.69. The van der Waals surface area contributed by atoms with Gasteiger partial charge in [0.15, 0.2) is 0 Å². The minimum absolute atomic E-state index is 0.0143. The maximum absolute atomic E-state index is 11.9. The van der Waals surface area contributed by atoms with Gasteiger partial charge in [-0.25, -0.2) is 0 Å². The molecule has 0 aliphatic carbocycles. The summed E-state index contributed by atoms with van der Waals surface area (Å²) in [5, 5.41) is 21.1. The summed E-state index contributed by atoms with van der Waals surface area (Å²) in [4.78, 5) is 11.9. The van der Waals surface area contributed by atoms with E-state index < -0.39 is 12.2 Å². The van der Waals surface area contributed by atoms with Crippen LogP contribution in [0.5, 0.6) is 0 Å². The Labute approximate surface area is 106 Å². The zero-order valence-electron chi connectivity index (χ0n) is 10.8. The lowest BCUT2D eigenvalue weighted by molar-refractivity contribution is 0.00313. The van der Waals surface area contributed by atoms with E-state index in [2.05, 4.69) is 5.32 Å². The highest BCUT2D eigenvalue weighted by molar-refractivity contribution is 5.93. The van der Waals surface area contributed by atoms with Crippen molar-refractivity contribution >= 4 is 11.6 Å². The highest BCUT2D eigenvalue weighted by atomic mass is 16.3. The van der Waals surface area contributed by atoms with Gasteiger partial charge >= 0.3 is 0 Å². The van der Waals surface area contributed by atoms with Gasteiger partial charge in [0.1, 0.15) is 11.3 Å². The van der Waals surface area contributed by atoms with Crippen LogP contribution in [0.4, 0.5) is 5.69 Å². The molecule has 6 heteroatoms. The third-order valence-electron chi connectivity index (χ3n) is 2.59. The third-order valence-corrected chi connectivity index (χ3v) is 2.59. The summed E-state index contributed by atoms with van der Waals surface area (Å²) in [7, 11) is 0. The van der Waals surface area contributed by atoms with E-state index in [-0.39, 0.29) is 12.5 Å². The number of amides is 1. The standard InChI is InChI=1S/C12H21N3O3/c1-3-4-15-6-9(13)5-10(15)11(17)14-7-12(2,18)8-16/h5-6,16,18H,3-4,7-8,13H2,1-2H3,(H,14,17). The molecule has 1 aromatic rings. The van der Waals surface area contributed by atoms with E-state index in [4.69, 9.17) is 10.8 Å². The SMILES string of the molecule is CCCn1cc(N)cc1C(=O)NCC(C)(O)CO. The molecule has 6 nitrogen and oxygen atoms in total. The maximum atomic E-state index is 11.9. The van der Waals surface area contributed by atoms with Gasteiger partial charge in [-0.15, -0.1) is 0 Å². The number of nitrogens with one attached hydrogen (secondary N) is 1. The van der Waals surface area contributed by atoms with E-state index in [0.29, 0.717) is 17.9 Å². The van der Waals surface area contributed by atoms with E-state index in [1.807, 2.05) is 6.92 Å². The number of nitrogens with zero attached hydrogens (tertiary/aromatic N) is 1. The lowest BCUT2D eigenvalue weighted by atomic mass is 10.1. The lowest BCUT2D eigenvalue weighted by Crippen LogP contribution is -2.43. The summed E-state index contributed by atoms with van der Waals surface area (Å²) in [6, 6.07) is 1.60. The fraction of sp³-hybridized carbons (Fsp3) is 0.583. The summed E-state index contributed by atoms with van der Waals surface area (Å²) in [5.74, 6) is -0.311. The summed E-state index contributed by atoms with van der Waals surface area (Å²) < 4.78 is 1.78. The molecule has 0 aliphatic heterocycles. The lowest BCUT2D eigenvalue weighted by Gasteiger charge is -2.20. The largest absolute Gasteiger partial charge is 0.397 e. The van der Waals surface area contributed by atoms with Gasteiger partial charge in [0, 0.05) is 19.3 Å². The molecule has 0 aromatic carbocycles. The summed E-state index contributed by atoms with van der Waals surface area (Å²) in [6.45, 7) is 3.74. The number of hydrogen-bond donors (Lipinski definition) is 4. The van der Waals surface area contributed by atoms with Gasteiger partial charge in [-0.3, -0.25) is 4.79 Å². The van der Waals surface area contributed by atoms with Crippen LogP contribution in [0.3, 0.4) is 0 Å². The van der Waals surface area contributed by atoms with Crippen LogP contribution in [0.15, 0.2) is 12.3 Å². The van der Waals surface area contributed by atoms with Crippen molar-refractivity contribution in [3.05, 3.63) is 18.0 Å². The van der Waals surface area contributed by atoms with E-state index in [1.54, 1.807) is 16.8 Å². The molecule has 0 aliphatic rings. The molecule has 0 bridgehead atoms. The quantitative estimate of drug-likeness (QED) is 0.572. The number of aliphatic hydroxyl groups excluding tert-OH is 1. The highest BCUT2D eigenvalue weighted by Crippen LogP contribution is 2.11. The second kappa shape index (κ2) is 5.88. The van der Waals surface area contributed by atoms with Gasteiger partial charge in [-0.05, 0) is 19.4 Å². The van der Waals surface area contributed by atoms with E-state index in [1.165, 1.54) is 6.92 Å². The summed E-state index contributed by atoms with van der Waals surface area (Å²) in [6.07, 6.45) is 2.60. The van der Waals surface area contributed by atoms with Crippen molar-refractivity contribution in [2.75, 3.05) is 18.9 Å². The minimum Gasteiger partial charge on any atom is -0.397 e. The first kappa shape index (κ1) is 14.5. The van der Waals surface area contributed by atoms with Crippen molar-refractivity contribution in [3.8, 4) is 0 Å². The van der Waals surface area contributed by atoms with Crippen LogP contribution in [0, 0.1) is 0 Å². The molecule has 0 radical (unpaired) electrons. The van der Waals surface area contributed by atoms with Gasteiger partial charge in [0.2, 0.25) is 0 Å². The van der Waals surface area contributed by atoms with Crippen molar-refractivity contribution in [3.63, 3.8) is 0 Å². The Morgan fingerprint density at radius 3 is 2.83 bits per heavy atom. The topological polar surface area (TPSA) is 101 Å². The molecule has 0 spiro atoms. The average molecular weight is 255 g/mol. The van der Waals surface area contributed by atoms with Gasteiger partial charge in [-0.2, -0.15) is 0 Å². The van der Waals surface area contributed by atoms with Crippen molar-refractivity contribution in [2.45, 2.75) is 32.4 Å². The van der Waals surface area contributed by atoms with Crippen LogP contribution in [-0.4, -0.2) is 39.4 Å². The minimum atomic E-state index is -1.32. The third kappa shape index (κ3) is 3.75. The van der Waals surface area contributed by atoms with Gasteiger partial charge in [0.05, 0.1) is 12.3 Å². The van der Waals surface area contributed by atoms with Crippen LogP contribution in [0.2, 0.25) is 0 Å². The van der Waals surface area contributed by atoms with Gasteiger partial charge in [0.25, 0.3) is 5.91 Å². The normalized spacial score (nSPS) is 14.2. The van der Waals surface area contributed by atoms with E-state index in [9.17, 15) is 9.90 Å². The zero-order valence-corrected chi connectivity index (χ0v) is 10.8. The zero-order chi connectivity index (χ0) is 13.8. The molecule has 1 aromatic heterocycles. The molecule has 1 unspecified atom stereocenters. The molecular formula is C12H21N3O3. The Morgan fingerprint density at radius 2 is 2.28 bits per heavy atom. The molecule has 102 valence electrons. The number of aromatic nitrogens is 1. The maximum Gasteiger partial charge on any atom is 0.268 e. The molecule has 1 atom stereocenters. The van der Waals surface area contributed by atoms with Crippen LogP contribution >= 0.6 is 0 Å². The molecule has 0 saturated carbocycles. The number of aryl methyl sites for hydroxylation is 1. The Kier molecular flexibility index (Phi) is 4.75. The van der Waals surface area contributed by atoms with Crippen LogP contribution in [-0.2, 0) is 6.54 Å². The Balaban J connectivity index is 2.72. The number of nitrogen functional groups attached to an aromatic ring is 1. The first-order valence-corrected chi connectivity index (χ1v) is 5.96. The smallest absolute Gasteiger partial charge is 0.268 e. The predicted octanol–water partition coefficient (Wildman–Crippen LogP) is -0.0466. The first-order chi connectivity index (χ1) is 8.39. The Morgan fingerprint density at radius 1 is 1.61 bits per heavy atom. The van der Waals surface area contributed by atoms with Crippen LogP contribution < -0.4 is 11.1 Å². The molecule has 0 saturated heterocycles. The molecule has 1 amide bonds. The van der Waals surface area contributed by atoms with Crippen molar-refractivity contribution in [1.29, 1.82) is 0 Å². The van der Waals surface area contributed by atoms with Crippen molar-refractivity contribution in [1.82, 2.24) is 9.88 Å². The highest BCUT2D eigenvalue weighted by Gasteiger charge is 2.21. The van der Waals surface area contributed by atoms with Gasteiger partial charge in [-0.1, -0.05) is 6.92 Å². The second-order valence-corrected chi connectivity index (χ2v) is 4.69. The Hall–Kier alpha value is -1.53. The molecule has 1 rings (SSSR count). The van der Waals surface area contributed by atoms with Crippen molar-refractivity contribution in [2.24, 2.45) is 0 Å². The monoisotopic (exact) mass is 255 g/mol. The fourth-order valence-electron chi connectivity index (χ4n) is 1.57. The number of nitrogens with two attached hydrogens (primary N) is 1. The number of hydrogen-bond acceptors (Lipinski definition) is 4. The number of anilines is 1. The number of carbonyl (C=O) groups excluding carboxylic acids is 1. The van der Waals surface area contributed by atoms with E-state index in [0.717, 1.165) is 6.42 Å².